The highest BCUT2D eigenvalue weighted by Crippen LogP contribution is 2.32. The summed E-state index contributed by atoms with van der Waals surface area (Å²) in [6.07, 6.45) is -4.90. The molecule has 0 radical (unpaired) electrons. The maximum atomic E-state index is 12.8. The molecule has 0 bridgehead atoms. The Morgan fingerprint density at radius 2 is 1.73 bits per heavy atom. The van der Waals surface area contributed by atoms with Crippen molar-refractivity contribution >= 4 is 10.1 Å². The largest absolute Gasteiger partial charge is 0.419 e. The topological polar surface area (TPSA) is 54.4 Å². The minimum absolute atomic E-state index is 0.109. The van der Waals surface area contributed by atoms with Crippen molar-refractivity contribution in [1.82, 2.24) is 0 Å². The molecule has 0 atom stereocenters. The Morgan fingerprint density at radius 1 is 1.20 bits per heavy atom. The van der Waals surface area contributed by atoms with E-state index in [1.165, 1.54) is 0 Å². The number of hydrogen-bond acceptors (Lipinski definition) is 2. The summed E-state index contributed by atoms with van der Waals surface area (Å²) in [5, 5.41) is 0. The van der Waals surface area contributed by atoms with E-state index in [1.54, 1.807) is 0 Å². The van der Waals surface area contributed by atoms with Crippen LogP contribution in [0.5, 0.6) is 0 Å². The van der Waals surface area contributed by atoms with Crippen LogP contribution in [-0.2, 0) is 16.3 Å². The van der Waals surface area contributed by atoms with Crippen molar-refractivity contribution in [2.75, 3.05) is 0 Å². The van der Waals surface area contributed by atoms with E-state index in [4.69, 9.17) is 4.55 Å². The van der Waals surface area contributed by atoms with E-state index in [0.717, 1.165) is 0 Å². The molecule has 0 amide bonds. The zero-order valence-electron chi connectivity index (χ0n) is 6.92. The van der Waals surface area contributed by atoms with Crippen LogP contribution in [0.4, 0.5) is 17.6 Å². The lowest BCUT2D eigenvalue weighted by Gasteiger charge is -2.07. The van der Waals surface area contributed by atoms with Crippen LogP contribution in [0.25, 0.3) is 0 Å². The molecule has 3 nitrogen and oxygen atoms in total. The highest BCUT2D eigenvalue weighted by atomic mass is 32.2. The predicted octanol–water partition coefficient (Wildman–Crippen LogP) is 2.09. The Kier molecular flexibility index (Phi) is 2.75. The van der Waals surface area contributed by atoms with E-state index in [-0.39, 0.29) is 12.1 Å². The molecule has 0 heterocycles. The Balaban J connectivity index is 3.34. The summed E-state index contributed by atoms with van der Waals surface area (Å²) in [5.41, 5.74) is -1.59. The quantitative estimate of drug-likeness (QED) is 0.608. The maximum Gasteiger partial charge on any atom is 0.419 e. The van der Waals surface area contributed by atoms with Gasteiger partial charge in [0.25, 0.3) is 10.1 Å². The summed E-state index contributed by atoms with van der Waals surface area (Å²) in [6.45, 7) is 0. The minimum Gasteiger partial charge on any atom is -0.282 e. The van der Waals surface area contributed by atoms with Gasteiger partial charge in [0.2, 0.25) is 0 Å². The molecule has 8 heteroatoms. The van der Waals surface area contributed by atoms with Gasteiger partial charge in [-0.1, -0.05) is 0 Å². The Labute approximate surface area is 82.1 Å². The molecule has 0 unspecified atom stereocenters. The van der Waals surface area contributed by atoms with E-state index in [9.17, 15) is 26.0 Å². The molecule has 1 aromatic carbocycles. The SMILES string of the molecule is O=S(=O)(O)c1ccc(C(F)(F)F)c(F)c1. The molecule has 0 aromatic heterocycles. The second-order valence-electron chi connectivity index (χ2n) is 2.61. The number of hydrogen-bond donors (Lipinski definition) is 1. The molecule has 1 rings (SSSR count). The standard InChI is InChI=1S/C7H4F4O3S/c8-6-3-4(15(12,13)14)1-2-5(6)7(9,10)11/h1-3H,(H,12,13,14). The van der Waals surface area contributed by atoms with Gasteiger partial charge in [-0.15, -0.1) is 0 Å². The molecule has 1 N–H and O–H groups in total. The first-order chi connectivity index (χ1) is 6.62. The molecular weight excluding hydrogens is 240 g/mol. The average Bonchev–Trinajstić information content (AvgIpc) is 1.99. The van der Waals surface area contributed by atoms with Crippen LogP contribution >= 0.6 is 0 Å². The summed E-state index contributed by atoms with van der Waals surface area (Å²) in [6, 6.07) is 0.831. The number of alkyl halides is 3. The minimum atomic E-state index is -4.90. The first kappa shape index (κ1) is 11.9. The van der Waals surface area contributed by atoms with Crippen molar-refractivity contribution in [2.45, 2.75) is 11.1 Å². The van der Waals surface area contributed by atoms with Crippen LogP contribution < -0.4 is 0 Å². The van der Waals surface area contributed by atoms with Crippen LogP contribution in [0.1, 0.15) is 5.56 Å². The molecule has 0 saturated heterocycles. The molecule has 15 heavy (non-hydrogen) atoms. The zero-order chi connectivity index (χ0) is 11.9. The summed E-state index contributed by atoms with van der Waals surface area (Å²) < 4.78 is 78.2. The third-order valence-corrected chi connectivity index (χ3v) is 2.39. The smallest absolute Gasteiger partial charge is 0.282 e. The zero-order valence-corrected chi connectivity index (χ0v) is 7.73. The van der Waals surface area contributed by atoms with E-state index < -0.39 is 32.6 Å². The van der Waals surface area contributed by atoms with E-state index in [2.05, 4.69) is 0 Å². The van der Waals surface area contributed by atoms with Gasteiger partial charge in [-0.25, -0.2) is 4.39 Å². The highest BCUT2D eigenvalue weighted by Gasteiger charge is 2.34. The third-order valence-electron chi connectivity index (χ3n) is 1.54. The van der Waals surface area contributed by atoms with Gasteiger partial charge in [0, 0.05) is 0 Å². The third kappa shape index (κ3) is 2.66. The molecule has 84 valence electrons. The Morgan fingerprint density at radius 3 is 2.07 bits per heavy atom. The monoisotopic (exact) mass is 244 g/mol. The Bertz CT molecular complexity index is 477. The van der Waals surface area contributed by atoms with Gasteiger partial charge in [-0.05, 0) is 18.2 Å². The molecule has 0 aliphatic rings. The lowest BCUT2D eigenvalue weighted by atomic mass is 10.2. The average molecular weight is 244 g/mol. The lowest BCUT2D eigenvalue weighted by molar-refractivity contribution is -0.140. The summed E-state index contributed by atoms with van der Waals surface area (Å²) in [7, 11) is -4.69. The first-order valence-electron chi connectivity index (χ1n) is 3.46. The van der Waals surface area contributed by atoms with E-state index in [0.29, 0.717) is 6.07 Å². The van der Waals surface area contributed by atoms with Crippen molar-refractivity contribution in [2.24, 2.45) is 0 Å². The van der Waals surface area contributed by atoms with Crippen LogP contribution in [0, 0.1) is 5.82 Å². The molecule has 0 saturated carbocycles. The van der Waals surface area contributed by atoms with Gasteiger partial charge < -0.3 is 0 Å². The van der Waals surface area contributed by atoms with Crippen molar-refractivity contribution in [3.05, 3.63) is 29.6 Å². The lowest BCUT2D eigenvalue weighted by Crippen LogP contribution is -2.09. The van der Waals surface area contributed by atoms with Gasteiger partial charge in [0.05, 0.1) is 10.5 Å². The van der Waals surface area contributed by atoms with Crippen LogP contribution in [0.2, 0.25) is 0 Å². The number of halogens is 4. The second-order valence-corrected chi connectivity index (χ2v) is 4.04. The fraction of sp³-hybridized carbons (Fsp3) is 0.143. The summed E-state index contributed by atoms with van der Waals surface area (Å²) >= 11 is 0. The summed E-state index contributed by atoms with van der Waals surface area (Å²) in [5.74, 6) is -1.75. The fourth-order valence-electron chi connectivity index (χ4n) is 0.886. The van der Waals surface area contributed by atoms with Gasteiger partial charge in [-0.2, -0.15) is 21.6 Å². The molecular formula is C7H4F4O3S. The first-order valence-corrected chi connectivity index (χ1v) is 4.90. The van der Waals surface area contributed by atoms with E-state index >= 15 is 0 Å². The van der Waals surface area contributed by atoms with Gasteiger partial charge >= 0.3 is 6.18 Å². The van der Waals surface area contributed by atoms with Crippen molar-refractivity contribution in [3.8, 4) is 0 Å². The van der Waals surface area contributed by atoms with Crippen LogP contribution in [0.15, 0.2) is 23.1 Å². The summed E-state index contributed by atoms with van der Waals surface area (Å²) in [4.78, 5) is -0.923. The van der Waals surface area contributed by atoms with E-state index in [1.807, 2.05) is 0 Å². The fourth-order valence-corrected chi connectivity index (χ4v) is 1.38. The molecule has 1 aromatic rings. The number of rotatable bonds is 1. The van der Waals surface area contributed by atoms with Gasteiger partial charge in [0.1, 0.15) is 5.82 Å². The maximum absolute atomic E-state index is 12.8. The second kappa shape index (κ2) is 3.46. The molecule has 0 spiro atoms. The molecule has 0 aliphatic carbocycles. The molecule has 0 aliphatic heterocycles. The molecule has 0 fully saturated rings. The highest BCUT2D eigenvalue weighted by molar-refractivity contribution is 7.85. The Hall–Kier alpha value is -1.15. The van der Waals surface area contributed by atoms with Crippen molar-refractivity contribution < 1.29 is 30.5 Å². The van der Waals surface area contributed by atoms with Crippen LogP contribution in [-0.4, -0.2) is 13.0 Å². The number of benzene rings is 1. The van der Waals surface area contributed by atoms with Crippen LogP contribution in [0.3, 0.4) is 0 Å². The van der Waals surface area contributed by atoms with Gasteiger partial charge in [-0.3, -0.25) is 4.55 Å². The van der Waals surface area contributed by atoms with Crippen molar-refractivity contribution in [1.29, 1.82) is 0 Å². The van der Waals surface area contributed by atoms with Gasteiger partial charge in [0.15, 0.2) is 0 Å². The normalized spacial score (nSPS) is 12.9. The predicted molar refractivity (Wildman–Crippen MR) is 41.2 cm³/mol. The van der Waals surface area contributed by atoms with Crippen molar-refractivity contribution in [3.63, 3.8) is 0 Å².